The van der Waals surface area contributed by atoms with Gasteiger partial charge in [0.15, 0.2) is 0 Å². The van der Waals surface area contributed by atoms with Crippen molar-refractivity contribution in [1.29, 1.82) is 0 Å². The summed E-state index contributed by atoms with van der Waals surface area (Å²) >= 11 is 0. The van der Waals surface area contributed by atoms with E-state index in [0.717, 1.165) is 31.1 Å². The van der Waals surface area contributed by atoms with E-state index in [1.807, 2.05) is 6.92 Å². The van der Waals surface area contributed by atoms with Crippen LogP contribution in [0.4, 0.5) is 0 Å². The van der Waals surface area contributed by atoms with Gasteiger partial charge in [0.05, 0.1) is 6.10 Å². The van der Waals surface area contributed by atoms with E-state index in [2.05, 4.69) is 13.8 Å². The molecule has 3 rings (SSSR count). The molecule has 124 valence electrons. The van der Waals surface area contributed by atoms with Crippen LogP contribution >= 0.6 is 0 Å². The van der Waals surface area contributed by atoms with E-state index in [-0.39, 0.29) is 17.5 Å². The van der Waals surface area contributed by atoms with Gasteiger partial charge in [0.1, 0.15) is 6.61 Å². The molecule has 3 nitrogen and oxygen atoms in total. The van der Waals surface area contributed by atoms with Gasteiger partial charge in [-0.05, 0) is 62.7 Å². The number of cyclic esters (lactones) is 1. The van der Waals surface area contributed by atoms with Crippen LogP contribution in [0.25, 0.3) is 0 Å². The third-order valence-electron chi connectivity index (χ3n) is 6.75. The summed E-state index contributed by atoms with van der Waals surface area (Å²) in [5.41, 5.74) is 1.38. The van der Waals surface area contributed by atoms with Crippen molar-refractivity contribution in [3.05, 3.63) is 11.6 Å². The van der Waals surface area contributed by atoms with Crippen molar-refractivity contribution in [2.24, 2.45) is 29.1 Å². The first-order chi connectivity index (χ1) is 10.4. The molecule has 0 saturated heterocycles. The summed E-state index contributed by atoms with van der Waals surface area (Å²) in [5, 5.41) is 9.67. The van der Waals surface area contributed by atoms with Gasteiger partial charge in [0.25, 0.3) is 0 Å². The minimum atomic E-state index is -0.196. The van der Waals surface area contributed by atoms with Crippen molar-refractivity contribution in [3.8, 4) is 0 Å². The van der Waals surface area contributed by atoms with Crippen LogP contribution in [-0.4, -0.2) is 23.8 Å². The Bertz CT molecular complexity index is 467. The second-order valence-corrected chi connectivity index (χ2v) is 8.15. The molecule has 3 aliphatic rings. The highest BCUT2D eigenvalue weighted by Gasteiger charge is 2.52. The Morgan fingerprint density at radius 1 is 1.41 bits per heavy atom. The maximum atomic E-state index is 11.6. The van der Waals surface area contributed by atoms with Crippen LogP contribution < -0.4 is 0 Å². The molecule has 3 heteroatoms. The molecule has 22 heavy (non-hydrogen) atoms. The molecule has 0 aromatic carbocycles. The quantitative estimate of drug-likeness (QED) is 0.809. The number of aliphatic hydroxyl groups is 1. The lowest BCUT2D eigenvalue weighted by atomic mass is 9.51. The molecule has 1 aliphatic heterocycles. The van der Waals surface area contributed by atoms with Gasteiger partial charge in [-0.25, -0.2) is 4.79 Å². The number of ether oxygens (including phenoxy) is 1. The second-order valence-electron chi connectivity index (χ2n) is 8.15. The number of aliphatic hydroxyl groups excluding tert-OH is 1. The van der Waals surface area contributed by atoms with Gasteiger partial charge in [-0.1, -0.05) is 25.8 Å². The van der Waals surface area contributed by atoms with Crippen molar-refractivity contribution in [1.82, 2.24) is 0 Å². The molecule has 2 saturated carbocycles. The molecule has 2 aliphatic carbocycles. The van der Waals surface area contributed by atoms with Crippen LogP contribution in [0.5, 0.6) is 0 Å². The number of rotatable bonds is 3. The largest absolute Gasteiger partial charge is 0.462 e. The standard InChI is InChI=1S/C19H30O3/c1-12-4-9-17-16(15(12)7-5-13(2)20)8-6-14-10-18(21)22-11-19(14,17)3/h10,12-13,15-17,20H,4-9,11H2,1-3H3. The average molecular weight is 306 g/mol. The number of hydrogen-bond donors (Lipinski definition) is 1. The number of carbonyl (C=O) groups is 1. The van der Waals surface area contributed by atoms with E-state index in [0.29, 0.717) is 18.4 Å². The molecule has 2 fully saturated rings. The minimum Gasteiger partial charge on any atom is -0.462 e. The molecule has 0 aromatic rings. The summed E-state index contributed by atoms with van der Waals surface area (Å²) in [4.78, 5) is 11.6. The monoisotopic (exact) mass is 306 g/mol. The molecular weight excluding hydrogens is 276 g/mol. The highest BCUT2D eigenvalue weighted by atomic mass is 16.5. The fourth-order valence-corrected chi connectivity index (χ4v) is 5.42. The zero-order chi connectivity index (χ0) is 15.9. The molecule has 1 N–H and O–H groups in total. The molecule has 0 amide bonds. The zero-order valence-corrected chi connectivity index (χ0v) is 14.2. The average Bonchev–Trinajstić information content (AvgIpc) is 2.46. The van der Waals surface area contributed by atoms with Gasteiger partial charge in [0.2, 0.25) is 0 Å². The zero-order valence-electron chi connectivity index (χ0n) is 14.2. The summed E-state index contributed by atoms with van der Waals surface area (Å²) in [6.45, 7) is 7.16. The van der Waals surface area contributed by atoms with Gasteiger partial charge in [-0.15, -0.1) is 0 Å². The topological polar surface area (TPSA) is 46.5 Å². The number of carbonyl (C=O) groups excluding carboxylic acids is 1. The van der Waals surface area contributed by atoms with Crippen LogP contribution in [0, 0.1) is 29.1 Å². The molecule has 0 bridgehead atoms. The maximum Gasteiger partial charge on any atom is 0.330 e. The van der Waals surface area contributed by atoms with Crippen molar-refractivity contribution < 1.29 is 14.6 Å². The number of esters is 1. The smallest absolute Gasteiger partial charge is 0.330 e. The Morgan fingerprint density at radius 2 is 2.18 bits per heavy atom. The van der Waals surface area contributed by atoms with Gasteiger partial charge >= 0.3 is 5.97 Å². The lowest BCUT2D eigenvalue weighted by Gasteiger charge is -2.55. The molecule has 6 atom stereocenters. The maximum absolute atomic E-state index is 11.6. The molecule has 1 heterocycles. The van der Waals surface area contributed by atoms with Crippen molar-refractivity contribution in [2.45, 2.75) is 65.4 Å². The molecule has 0 aromatic heterocycles. The minimum absolute atomic E-state index is 0.0556. The normalized spacial score (nSPS) is 42.7. The van der Waals surface area contributed by atoms with Gasteiger partial charge in [-0.2, -0.15) is 0 Å². The van der Waals surface area contributed by atoms with Crippen molar-refractivity contribution >= 4 is 5.97 Å². The summed E-state index contributed by atoms with van der Waals surface area (Å²) in [6.07, 6.45) is 8.38. The fraction of sp³-hybridized carbons (Fsp3) is 0.842. The first kappa shape index (κ1) is 16.0. The van der Waals surface area contributed by atoms with E-state index in [4.69, 9.17) is 4.74 Å². The third kappa shape index (κ3) is 2.73. The van der Waals surface area contributed by atoms with Gasteiger partial charge in [0, 0.05) is 11.5 Å². The van der Waals surface area contributed by atoms with Gasteiger partial charge in [-0.3, -0.25) is 0 Å². The summed E-state index contributed by atoms with van der Waals surface area (Å²) in [5.74, 6) is 2.67. The van der Waals surface area contributed by atoms with Gasteiger partial charge < -0.3 is 9.84 Å². The predicted molar refractivity (Wildman–Crippen MR) is 86.2 cm³/mol. The highest BCUT2D eigenvalue weighted by molar-refractivity contribution is 5.84. The van der Waals surface area contributed by atoms with Crippen LogP contribution in [0.2, 0.25) is 0 Å². The molecular formula is C19H30O3. The van der Waals surface area contributed by atoms with Crippen molar-refractivity contribution in [2.75, 3.05) is 6.61 Å². The van der Waals surface area contributed by atoms with E-state index in [9.17, 15) is 9.90 Å². The first-order valence-electron chi connectivity index (χ1n) is 8.97. The lowest BCUT2D eigenvalue weighted by Crippen LogP contribution is -2.50. The summed E-state index contributed by atoms with van der Waals surface area (Å²) in [6, 6.07) is 0. The third-order valence-corrected chi connectivity index (χ3v) is 6.75. The van der Waals surface area contributed by atoms with Crippen LogP contribution in [-0.2, 0) is 9.53 Å². The Labute approximate surface area is 134 Å². The Hall–Kier alpha value is -0.830. The molecule has 0 spiro atoms. The first-order valence-corrected chi connectivity index (χ1v) is 8.97. The predicted octanol–water partition coefficient (Wildman–Crippen LogP) is 3.71. The van der Waals surface area contributed by atoms with Crippen LogP contribution in [0.1, 0.15) is 59.3 Å². The molecule has 6 unspecified atom stereocenters. The van der Waals surface area contributed by atoms with Crippen LogP contribution in [0.3, 0.4) is 0 Å². The summed E-state index contributed by atoms with van der Waals surface area (Å²) in [7, 11) is 0. The van der Waals surface area contributed by atoms with E-state index >= 15 is 0 Å². The SMILES string of the molecule is CC(O)CCC1C(C)CCC2C1CCC1=CC(=O)OCC12C. The van der Waals surface area contributed by atoms with E-state index in [1.54, 1.807) is 6.08 Å². The summed E-state index contributed by atoms with van der Waals surface area (Å²) < 4.78 is 5.40. The van der Waals surface area contributed by atoms with Crippen LogP contribution in [0.15, 0.2) is 11.6 Å². The number of fused-ring (bicyclic) bond motifs is 3. The Morgan fingerprint density at radius 3 is 2.91 bits per heavy atom. The highest BCUT2D eigenvalue weighted by Crippen LogP contribution is 2.57. The Balaban J connectivity index is 1.82. The fourth-order valence-electron chi connectivity index (χ4n) is 5.42. The Kier molecular flexibility index (Phi) is 4.37. The second kappa shape index (κ2) is 5.99. The van der Waals surface area contributed by atoms with Crippen molar-refractivity contribution in [3.63, 3.8) is 0 Å². The van der Waals surface area contributed by atoms with E-state index in [1.165, 1.54) is 24.8 Å². The van der Waals surface area contributed by atoms with E-state index < -0.39 is 0 Å². The lowest BCUT2D eigenvalue weighted by molar-refractivity contribution is -0.147. The molecule has 0 radical (unpaired) electrons. The number of hydrogen-bond acceptors (Lipinski definition) is 3.